The Balaban J connectivity index is 1.54. The third-order valence-electron chi connectivity index (χ3n) is 3.91. The summed E-state index contributed by atoms with van der Waals surface area (Å²) in [5.41, 5.74) is 2.14. The molecule has 3 N–H and O–H groups in total. The van der Waals surface area contributed by atoms with E-state index in [0.29, 0.717) is 0 Å². The molecule has 3 rings (SSSR count). The Morgan fingerprint density at radius 3 is 3.05 bits per heavy atom. The molecule has 1 aliphatic rings. The topological polar surface area (TPSA) is 60.9 Å². The maximum Gasteiger partial charge on any atom is 0.107 e. The number of hydrogen-bond donors (Lipinski definition) is 3. The highest BCUT2D eigenvalue weighted by molar-refractivity contribution is 5.74. The molecule has 0 saturated carbocycles. The van der Waals surface area contributed by atoms with Crippen LogP contribution in [-0.2, 0) is 6.42 Å². The van der Waals surface area contributed by atoms with E-state index in [0.717, 1.165) is 55.5 Å². The second-order valence-electron chi connectivity index (χ2n) is 5.36. The van der Waals surface area contributed by atoms with Gasteiger partial charge in [-0.15, -0.1) is 0 Å². The molecule has 0 amide bonds. The van der Waals surface area contributed by atoms with Crippen molar-refractivity contribution in [1.82, 2.24) is 15.3 Å². The monoisotopic (exact) mass is 259 g/mol. The van der Waals surface area contributed by atoms with Crippen molar-refractivity contribution in [2.24, 2.45) is 0 Å². The Morgan fingerprint density at radius 1 is 1.32 bits per heavy atom. The highest BCUT2D eigenvalue weighted by Gasteiger charge is 2.21. The minimum atomic E-state index is -0.176. The Kier molecular flexibility index (Phi) is 3.80. The number of rotatable bonds is 4. The number of nitrogens with zero attached hydrogens (tertiary/aromatic N) is 1. The minimum Gasteiger partial charge on any atom is -0.392 e. The number of aryl methyl sites for hydroxylation is 1. The van der Waals surface area contributed by atoms with Gasteiger partial charge >= 0.3 is 0 Å². The molecule has 19 heavy (non-hydrogen) atoms. The molecule has 1 aromatic carbocycles. The lowest BCUT2D eigenvalue weighted by Crippen LogP contribution is -2.44. The third-order valence-corrected chi connectivity index (χ3v) is 3.91. The fourth-order valence-electron chi connectivity index (χ4n) is 2.84. The molecule has 1 aliphatic heterocycles. The molecule has 4 heteroatoms. The molecule has 0 aliphatic carbocycles. The quantitative estimate of drug-likeness (QED) is 0.787. The van der Waals surface area contributed by atoms with Crippen LogP contribution in [0.1, 0.15) is 31.5 Å². The standard InChI is InChI=1S/C15H21N3O/c19-14-8-4-10-16-13(14)7-3-9-15-17-11-5-1-2-6-12(11)18-15/h1-2,5-6,13-14,16,19H,3-4,7-10H2,(H,17,18)/t13-,14+/m1/s1. The van der Waals surface area contributed by atoms with E-state index in [1.165, 1.54) is 0 Å². The van der Waals surface area contributed by atoms with Gasteiger partial charge in [0.05, 0.1) is 17.1 Å². The first-order chi connectivity index (χ1) is 9.33. The number of imidazole rings is 1. The summed E-state index contributed by atoms with van der Waals surface area (Å²) in [5, 5.41) is 13.3. The summed E-state index contributed by atoms with van der Waals surface area (Å²) in [5.74, 6) is 1.05. The van der Waals surface area contributed by atoms with Gasteiger partial charge in [0.15, 0.2) is 0 Å². The van der Waals surface area contributed by atoms with Crippen molar-refractivity contribution in [3.05, 3.63) is 30.1 Å². The van der Waals surface area contributed by atoms with E-state index < -0.39 is 0 Å². The van der Waals surface area contributed by atoms with Crippen LogP contribution in [0.15, 0.2) is 24.3 Å². The van der Waals surface area contributed by atoms with E-state index in [4.69, 9.17) is 0 Å². The molecule has 0 bridgehead atoms. The zero-order valence-electron chi connectivity index (χ0n) is 11.1. The maximum atomic E-state index is 9.89. The zero-order chi connectivity index (χ0) is 13.1. The first-order valence-corrected chi connectivity index (χ1v) is 7.18. The van der Waals surface area contributed by atoms with Crippen LogP contribution in [0.2, 0.25) is 0 Å². The Bertz CT molecular complexity index is 504. The second kappa shape index (κ2) is 5.72. The van der Waals surface area contributed by atoms with E-state index in [2.05, 4.69) is 21.4 Å². The molecule has 1 aromatic heterocycles. The smallest absolute Gasteiger partial charge is 0.107 e. The summed E-state index contributed by atoms with van der Waals surface area (Å²) in [6, 6.07) is 8.38. The average molecular weight is 259 g/mol. The van der Waals surface area contributed by atoms with E-state index in [9.17, 15) is 5.11 Å². The van der Waals surface area contributed by atoms with Gasteiger partial charge in [0, 0.05) is 12.5 Å². The van der Waals surface area contributed by atoms with E-state index in [-0.39, 0.29) is 12.1 Å². The predicted octanol–water partition coefficient (Wildman–Crippen LogP) is 2.00. The van der Waals surface area contributed by atoms with Crippen LogP contribution in [-0.4, -0.2) is 33.8 Å². The largest absolute Gasteiger partial charge is 0.392 e. The molecule has 1 saturated heterocycles. The van der Waals surface area contributed by atoms with Crippen molar-refractivity contribution in [2.45, 2.75) is 44.2 Å². The van der Waals surface area contributed by atoms with Crippen molar-refractivity contribution in [3.8, 4) is 0 Å². The van der Waals surface area contributed by atoms with Gasteiger partial charge in [0.1, 0.15) is 5.82 Å². The molecule has 1 fully saturated rings. The fourth-order valence-corrected chi connectivity index (χ4v) is 2.84. The van der Waals surface area contributed by atoms with Gasteiger partial charge in [-0.25, -0.2) is 4.98 Å². The molecule has 102 valence electrons. The highest BCUT2D eigenvalue weighted by atomic mass is 16.3. The number of piperidine rings is 1. The normalized spacial score (nSPS) is 23.8. The van der Waals surface area contributed by atoms with Gasteiger partial charge in [0.25, 0.3) is 0 Å². The van der Waals surface area contributed by atoms with Crippen LogP contribution in [0, 0.1) is 0 Å². The van der Waals surface area contributed by atoms with Crippen molar-refractivity contribution in [1.29, 1.82) is 0 Å². The molecular formula is C15H21N3O. The lowest BCUT2D eigenvalue weighted by molar-refractivity contribution is 0.0914. The maximum absolute atomic E-state index is 9.89. The Hall–Kier alpha value is -1.39. The van der Waals surface area contributed by atoms with Crippen molar-refractivity contribution < 1.29 is 5.11 Å². The number of aromatic nitrogens is 2. The summed E-state index contributed by atoms with van der Waals surface area (Å²) < 4.78 is 0. The number of aromatic amines is 1. The summed E-state index contributed by atoms with van der Waals surface area (Å²) in [4.78, 5) is 7.93. The van der Waals surface area contributed by atoms with Gasteiger partial charge in [0.2, 0.25) is 0 Å². The summed E-state index contributed by atoms with van der Waals surface area (Å²) in [7, 11) is 0. The summed E-state index contributed by atoms with van der Waals surface area (Å²) in [6.07, 6.45) is 4.85. The van der Waals surface area contributed by atoms with Crippen LogP contribution < -0.4 is 5.32 Å². The van der Waals surface area contributed by atoms with Crippen LogP contribution >= 0.6 is 0 Å². The first-order valence-electron chi connectivity index (χ1n) is 7.18. The van der Waals surface area contributed by atoms with Crippen LogP contribution in [0.4, 0.5) is 0 Å². The number of nitrogens with one attached hydrogen (secondary N) is 2. The SMILES string of the molecule is O[C@H]1CCCN[C@@H]1CCCc1nc2ccccc2[nH]1. The number of aliphatic hydroxyl groups is 1. The van der Waals surface area contributed by atoms with Crippen LogP contribution in [0.3, 0.4) is 0 Å². The molecule has 0 radical (unpaired) electrons. The van der Waals surface area contributed by atoms with E-state index in [1.54, 1.807) is 0 Å². The van der Waals surface area contributed by atoms with Crippen LogP contribution in [0.25, 0.3) is 11.0 Å². The number of para-hydroxylation sites is 2. The second-order valence-corrected chi connectivity index (χ2v) is 5.36. The Labute approximate surface area is 113 Å². The fraction of sp³-hybridized carbons (Fsp3) is 0.533. The number of H-pyrrole nitrogens is 1. The lowest BCUT2D eigenvalue weighted by atomic mass is 9.96. The molecule has 2 aromatic rings. The first kappa shape index (κ1) is 12.6. The average Bonchev–Trinajstić information content (AvgIpc) is 2.83. The van der Waals surface area contributed by atoms with Gasteiger partial charge in [-0.05, 0) is 44.4 Å². The zero-order valence-corrected chi connectivity index (χ0v) is 11.1. The summed E-state index contributed by atoms with van der Waals surface area (Å²) >= 11 is 0. The molecule has 0 spiro atoms. The van der Waals surface area contributed by atoms with Crippen LogP contribution in [0.5, 0.6) is 0 Å². The van der Waals surface area contributed by atoms with Gasteiger partial charge in [-0.1, -0.05) is 12.1 Å². The van der Waals surface area contributed by atoms with Gasteiger partial charge in [-0.3, -0.25) is 0 Å². The van der Waals surface area contributed by atoms with E-state index in [1.807, 2.05) is 18.2 Å². The highest BCUT2D eigenvalue weighted by Crippen LogP contribution is 2.16. The van der Waals surface area contributed by atoms with Crippen molar-refractivity contribution >= 4 is 11.0 Å². The van der Waals surface area contributed by atoms with Crippen molar-refractivity contribution in [3.63, 3.8) is 0 Å². The number of fused-ring (bicyclic) bond motifs is 1. The molecular weight excluding hydrogens is 238 g/mol. The number of hydrogen-bond acceptors (Lipinski definition) is 3. The molecule has 0 unspecified atom stereocenters. The molecule has 2 atom stereocenters. The third kappa shape index (κ3) is 2.96. The van der Waals surface area contributed by atoms with Crippen molar-refractivity contribution in [2.75, 3.05) is 6.54 Å². The molecule has 2 heterocycles. The number of benzene rings is 1. The van der Waals surface area contributed by atoms with Gasteiger partial charge < -0.3 is 15.4 Å². The predicted molar refractivity (Wildman–Crippen MR) is 76.1 cm³/mol. The lowest BCUT2D eigenvalue weighted by Gasteiger charge is -2.28. The molecule has 4 nitrogen and oxygen atoms in total. The van der Waals surface area contributed by atoms with E-state index >= 15 is 0 Å². The summed E-state index contributed by atoms with van der Waals surface area (Å²) in [6.45, 7) is 1.03. The minimum absolute atomic E-state index is 0.176. The number of aliphatic hydroxyl groups excluding tert-OH is 1. The Morgan fingerprint density at radius 2 is 2.21 bits per heavy atom. The van der Waals surface area contributed by atoms with Gasteiger partial charge in [-0.2, -0.15) is 0 Å².